The number of halogens is 2. The molecule has 3 unspecified atom stereocenters. The van der Waals surface area contributed by atoms with E-state index < -0.39 is 0 Å². The van der Waals surface area contributed by atoms with Gasteiger partial charge in [0.1, 0.15) is 0 Å². The second-order valence-corrected chi connectivity index (χ2v) is 5.81. The van der Waals surface area contributed by atoms with Gasteiger partial charge < -0.3 is 4.74 Å². The van der Waals surface area contributed by atoms with Gasteiger partial charge in [-0.3, -0.25) is 11.3 Å². The zero-order valence-corrected chi connectivity index (χ0v) is 12.5. The molecule has 3 N–H and O–H groups in total. The maximum absolute atomic E-state index is 6.05. The molecule has 19 heavy (non-hydrogen) atoms. The van der Waals surface area contributed by atoms with Crippen LogP contribution in [0.1, 0.15) is 25.3 Å². The SMILES string of the molecule is CCC1OCCC1C(Cc1ccc(Cl)c(Cl)c1)NN. The Bertz CT molecular complexity index is 428. The lowest BCUT2D eigenvalue weighted by molar-refractivity contribution is 0.0775. The van der Waals surface area contributed by atoms with E-state index in [0.29, 0.717) is 22.1 Å². The third kappa shape index (κ3) is 3.61. The molecule has 0 aromatic heterocycles. The molecule has 5 heteroatoms. The lowest BCUT2D eigenvalue weighted by Crippen LogP contribution is -2.45. The van der Waals surface area contributed by atoms with Crippen LogP contribution in [0.2, 0.25) is 10.0 Å². The Morgan fingerprint density at radius 1 is 1.42 bits per heavy atom. The number of nitrogens with two attached hydrogens (primary N) is 1. The maximum atomic E-state index is 6.05. The van der Waals surface area contributed by atoms with Gasteiger partial charge in [-0.25, -0.2) is 0 Å². The van der Waals surface area contributed by atoms with E-state index in [-0.39, 0.29) is 6.04 Å². The highest BCUT2D eigenvalue weighted by molar-refractivity contribution is 6.42. The number of hydrogen-bond acceptors (Lipinski definition) is 3. The Morgan fingerprint density at radius 2 is 2.21 bits per heavy atom. The van der Waals surface area contributed by atoms with Gasteiger partial charge in [-0.05, 0) is 37.0 Å². The van der Waals surface area contributed by atoms with Crippen molar-refractivity contribution in [2.45, 2.75) is 38.3 Å². The molecule has 3 atom stereocenters. The summed E-state index contributed by atoms with van der Waals surface area (Å²) in [6.45, 7) is 2.97. The molecule has 106 valence electrons. The van der Waals surface area contributed by atoms with Gasteiger partial charge in [0, 0.05) is 18.6 Å². The van der Waals surface area contributed by atoms with E-state index in [1.807, 2.05) is 18.2 Å². The lowest BCUT2D eigenvalue weighted by Gasteiger charge is -2.26. The van der Waals surface area contributed by atoms with E-state index in [1.165, 1.54) is 0 Å². The van der Waals surface area contributed by atoms with Crippen LogP contribution in [-0.2, 0) is 11.2 Å². The lowest BCUT2D eigenvalue weighted by atomic mass is 9.88. The molecule has 1 aliphatic heterocycles. The third-order valence-corrected chi connectivity index (χ3v) is 4.57. The standard InChI is InChI=1S/C14H20Cl2N2O/c1-2-14-10(5-6-19-14)13(18-17)8-9-3-4-11(15)12(16)7-9/h3-4,7,10,13-14,18H,2,5-6,8,17H2,1H3. The fourth-order valence-corrected chi connectivity index (χ4v) is 3.12. The van der Waals surface area contributed by atoms with Crippen LogP contribution in [0.25, 0.3) is 0 Å². The van der Waals surface area contributed by atoms with Gasteiger partial charge >= 0.3 is 0 Å². The number of nitrogens with one attached hydrogen (secondary N) is 1. The minimum atomic E-state index is 0.199. The molecule has 0 spiro atoms. The first-order chi connectivity index (χ1) is 9.15. The largest absolute Gasteiger partial charge is 0.378 e. The molecule has 0 amide bonds. The molecule has 1 aliphatic rings. The smallest absolute Gasteiger partial charge is 0.0617 e. The van der Waals surface area contributed by atoms with Crippen LogP contribution < -0.4 is 11.3 Å². The van der Waals surface area contributed by atoms with Crippen molar-refractivity contribution < 1.29 is 4.74 Å². The molecule has 0 saturated carbocycles. The Hall–Kier alpha value is -0.320. The Labute approximate surface area is 124 Å². The topological polar surface area (TPSA) is 47.3 Å². The average molecular weight is 303 g/mol. The third-order valence-electron chi connectivity index (χ3n) is 3.83. The van der Waals surface area contributed by atoms with Crippen LogP contribution in [-0.4, -0.2) is 18.8 Å². The van der Waals surface area contributed by atoms with Gasteiger partial charge in [-0.1, -0.05) is 36.2 Å². The highest BCUT2D eigenvalue weighted by Gasteiger charge is 2.33. The first-order valence-electron chi connectivity index (χ1n) is 6.67. The van der Waals surface area contributed by atoms with E-state index in [1.54, 1.807) is 0 Å². The summed E-state index contributed by atoms with van der Waals surface area (Å²) in [5, 5.41) is 1.17. The normalized spacial score (nSPS) is 24.6. The van der Waals surface area contributed by atoms with E-state index in [2.05, 4.69) is 12.3 Å². The van der Waals surface area contributed by atoms with Crippen molar-refractivity contribution in [3.8, 4) is 0 Å². The van der Waals surface area contributed by atoms with Crippen LogP contribution in [0.3, 0.4) is 0 Å². The number of rotatable bonds is 5. The van der Waals surface area contributed by atoms with Crippen LogP contribution in [0.5, 0.6) is 0 Å². The van der Waals surface area contributed by atoms with Crippen LogP contribution in [0.15, 0.2) is 18.2 Å². The molecular formula is C14H20Cl2N2O. The molecule has 3 nitrogen and oxygen atoms in total. The summed E-state index contributed by atoms with van der Waals surface area (Å²) in [6, 6.07) is 5.93. The molecule has 2 rings (SSSR count). The van der Waals surface area contributed by atoms with E-state index in [0.717, 1.165) is 31.4 Å². The minimum absolute atomic E-state index is 0.199. The predicted octanol–water partition coefficient (Wildman–Crippen LogP) is 3.18. The van der Waals surface area contributed by atoms with E-state index in [4.69, 9.17) is 33.8 Å². The highest BCUT2D eigenvalue weighted by atomic mass is 35.5. The quantitative estimate of drug-likeness (QED) is 0.649. The number of hydrazine groups is 1. The summed E-state index contributed by atoms with van der Waals surface area (Å²) in [4.78, 5) is 0. The summed E-state index contributed by atoms with van der Waals surface area (Å²) in [5.41, 5.74) is 4.07. The summed E-state index contributed by atoms with van der Waals surface area (Å²) in [6.07, 6.45) is 3.19. The fraction of sp³-hybridized carbons (Fsp3) is 0.571. The van der Waals surface area contributed by atoms with Gasteiger partial charge in [-0.15, -0.1) is 0 Å². The number of ether oxygens (including phenoxy) is 1. The molecular weight excluding hydrogens is 283 g/mol. The second-order valence-electron chi connectivity index (χ2n) is 5.00. The minimum Gasteiger partial charge on any atom is -0.378 e. The Morgan fingerprint density at radius 3 is 2.84 bits per heavy atom. The van der Waals surface area contributed by atoms with Crippen LogP contribution in [0, 0.1) is 5.92 Å². The van der Waals surface area contributed by atoms with Crippen LogP contribution >= 0.6 is 23.2 Å². The summed E-state index contributed by atoms with van der Waals surface area (Å²) in [7, 11) is 0. The first kappa shape index (κ1) is 15.1. The van der Waals surface area contributed by atoms with E-state index in [9.17, 15) is 0 Å². The molecule has 0 radical (unpaired) electrons. The van der Waals surface area contributed by atoms with Crippen LogP contribution in [0.4, 0.5) is 0 Å². The van der Waals surface area contributed by atoms with Crippen molar-refractivity contribution in [1.82, 2.24) is 5.43 Å². The molecule has 1 saturated heterocycles. The van der Waals surface area contributed by atoms with Crippen molar-refractivity contribution in [2.24, 2.45) is 11.8 Å². The predicted molar refractivity (Wildman–Crippen MR) is 79.4 cm³/mol. The molecule has 1 heterocycles. The maximum Gasteiger partial charge on any atom is 0.0617 e. The van der Waals surface area contributed by atoms with Crippen molar-refractivity contribution in [3.63, 3.8) is 0 Å². The number of hydrogen-bond donors (Lipinski definition) is 2. The second kappa shape index (κ2) is 6.91. The number of benzene rings is 1. The zero-order valence-electron chi connectivity index (χ0n) is 11.0. The molecule has 0 aliphatic carbocycles. The highest BCUT2D eigenvalue weighted by Crippen LogP contribution is 2.29. The molecule has 1 aromatic rings. The Balaban J connectivity index is 2.08. The van der Waals surface area contributed by atoms with Crippen molar-refractivity contribution >= 4 is 23.2 Å². The summed E-state index contributed by atoms with van der Waals surface area (Å²) < 4.78 is 5.74. The van der Waals surface area contributed by atoms with Crippen molar-refractivity contribution in [1.29, 1.82) is 0 Å². The van der Waals surface area contributed by atoms with Crippen molar-refractivity contribution in [2.75, 3.05) is 6.61 Å². The summed E-state index contributed by atoms with van der Waals surface area (Å²) >= 11 is 12.0. The van der Waals surface area contributed by atoms with Gasteiger partial charge in [0.25, 0.3) is 0 Å². The van der Waals surface area contributed by atoms with Crippen molar-refractivity contribution in [3.05, 3.63) is 33.8 Å². The summed E-state index contributed by atoms with van der Waals surface area (Å²) in [5.74, 6) is 6.17. The zero-order chi connectivity index (χ0) is 13.8. The van der Waals surface area contributed by atoms with Gasteiger partial charge in [0.15, 0.2) is 0 Å². The Kier molecular flexibility index (Phi) is 5.48. The van der Waals surface area contributed by atoms with Gasteiger partial charge in [0.05, 0.1) is 16.1 Å². The average Bonchev–Trinajstić information content (AvgIpc) is 2.88. The van der Waals surface area contributed by atoms with Gasteiger partial charge in [0.2, 0.25) is 0 Å². The fourth-order valence-electron chi connectivity index (χ4n) is 2.80. The monoisotopic (exact) mass is 302 g/mol. The molecule has 0 bridgehead atoms. The molecule has 1 aromatic carbocycles. The van der Waals surface area contributed by atoms with E-state index >= 15 is 0 Å². The molecule has 1 fully saturated rings. The van der Waals surface area contributed by atoms with Gasteiger partial charge in [-0.2, -0.15) is 0 Å². The first-order valence-corrected chi connectivity index (χ1v) is 7.43.